The van der Waals surface area contributed by atoms with Crippen LogP contribution in [0.1, 0.15) is 22.3 Å². The summed E-state index contributed by atoms with van der Waals surface area (Å²) in [6.45, 7) is 0. The molecule has 0 atom stereocenters. The highest BCUT2D eigenvalue weighted by Crippen LogP contribution is 2.53. The largest absolute Gasteiger partial charge is 0.455 e. The molecule has 8 heteroatoms. The van der Waals surface area contributed by atoms with Gasteiger partial charge in [0.25, 0.3) is 0 Å². The number of benzene rings is 12. The first-order valence-electron chi connectivity index (χ1n) is 27.9. The fourth-order valence-electron chi connectivity index (χ4n) is 14.6. The second-order valence-corrected chi connectivity index (χ2v) is 21.9. The number of hydrogen-bond acceptors (Lipinski definition) is 5. The number of para-hydroxylation sites is 7. The lowest BCUT2D eigenvalue weighted by molar-refractivity contribution is 0.670. The molecule has 83 heavy (non-hydrogen) atoms. The topological polar surface area (TPSA) is 102 Å². The van der Waals surface area contributed by atoms with Gasteiger partial charge in [-0.25, -0.2) is 0 Å². The molecular weight excluding hydrogens is 1020 g/mol. The number of nitrogens with zero attached hydrogens (tertiary/aromatic N) is 5. The van der Waals surface area contributed by atoms with E-state index in [0.717, 1.165) is 120 Å². The summed E-state index contributed by atoms with van der Waals surface area (Å²) < 4.78 is 28.0. The van der Waals surface area contributed by atoms with E-state index in [9.17, 15) is 10.5 Å². The van der Waals surface area contributed by atoms with Crippen molar-refractivity contribution in [2.45, 2.75) is 6.42 Å². The molecule has 0 saturated heterocycles. The molecule has 0 aliphatic heterocycles. The fourth-order valence-corrected chi connectivity index (χ4v) is 14.6. The molecule has 1 aliphatic rings. The van der Waals surface area contributed by atoms with E-state index in [1.54, 1.807) is 0 Å². The summed E-state index contributed by atoms with van der Waals surface area (Å²) in [4.78, 5) is 0. The number of nitriles is 2. The van der Waals surface area contributed by atoms with Gasteiger partial charge < -0.3 is 27.0 Å². The van der Waals surface area contributed by atoms with Gasteiger partial charge in [-0.1, -0.05) is 176 Å². The Labute approximate surface area is 470 Å². The van der Waals surface area contributed by atoms with Crippen LogP contribution in [0.15, 0.2) is 238 Å². The Kier molecular flexibility index (Phi) is 8.56. The summed E-state index contributed by atoms with van der Waals surface area (Å²) >= 11 is 0. The van der Waals surface area contributed by atoms with Crippen LogP contribution in [0.5, 0.6) is 0 Å². The summed E-state index contributed by atoms with van der Waals surface area (Å²) in [7, 11) is 0. The number of hydrogen-bond donors (Lipinski definition) is 0. The summed E-state index contributed by atoms with van der Waals surface area (Å²) in [5.74, 6) is 0. The summed E-state index contributed by atoms with van der Waals surface area (Å²) in [6.07, 6.45) is 0.675. The lowest BCUT2D eigenvalue weighted by Crippen LogP contribution is -2.14. The maximum absolute atomic E-state index is 13.1. The Balaban J connectivity index is 1.12. The third kappa shape index (κ3) is 5.61. The first kappa shape index (κ1) is 44.3. The highest BCUT2D eigenvalue weighted by atomic mass is 16.3. The van der Waals surface area contributed by atoms with Crippen LogP contribution in [-0.2, 0) is 6.42 Å². The zero-order valence-electron chi connectivity index (χ0n) is 44.0. The van der Waals surface area contributed by atoms with E-state index in [2.05, 4.69) is 184 Å². The van der Waals surface area contributed by atoms with Gasteiger partial charge in [0.05, 0.1) is 55.7 Å². The maximum atomic E-state index is 13.1. The minimum Gasteiger partial charge on any atom is -0.455 e. The second kappa shape index (κ2) is 16.0. The van der Waals surface area contributed by atoms with Crippen molar-refractivity contribution in [3.8, 4) is 51.5 Å². The Morgan fingerprint density at radius 1 is 0.301 bits per heavy atom. The fraction of sp³-hybridized carbons (Fsp3) is 0.0133. The van der Waals surface area contributed by atoms with Crippen LogP contribution in [-0.4, -0.2) is 13.7 Å². The highest BCUT2D eigenvalue weighted by Gasteiger charge is 2.37. The molecule has 0 bridgehead atoms. The molecular formula is C75H39N5O3. The lowest BCUT2D eigenvalue weighted by Gasteiger charge is -2.26. The molecule has 0 unspecified atom stereocenters. The Morgan fingerprint density at radius 3 is 1.27 bits per heavy atom. The number of rotatable bonds is 4. The second-order valence-electron chi connectivity index (χ2n) is 21.9. The van der Waals surface area contributed by atoms with E-state index in [4.69, 9.17) is 13.3 Å². The Bertz CT molecular complexity index is 6080. The predicted molar refractivity (Wildman–Crippen MR) is 334 cm³/mol. The van der Waals surface area contributed by atoms with Crippen LogP contribution in [0.3, 0.4) is 0 Å². The van der Waals surface area contributed by atoms with Crippen molar-refractivity contribution in [2.75, 3.05) is 0 Å². The molecule has 0 saturated carbocycles. The zero-order valence-corrected chi connectivity index (χ0v) is 44.0. The number of aromatic nitrogens is 3. The molecule has 8 nitrogen and oxygen atoms in total. The van der Waals surface area contributed by atoms with Gasteiger partial charge in [-0.15, -0.1) is 0 Å². The maximum Gasteiger partial charge on any atom is 0.160 e. The van der Waals surface area contributed by atoms with Crippen molar-refractivity contribution in [1.82, 2.24) is 13.7 Å². The molecule has 0 spiro atoms. The zero-order chi connectivity index (χ0) is 54.3. The van der Waals surface area contributed by atoms with Crippen molar-refractivity contribution in [3.05, 3.63) is 247 Å². The molecule has 6 aromatic heterocycles. The van der Waals surface area contributed by atoms with E-state index in [1.165, 1.54) is 11.1 Å². The summed E-state index contributed by atoms with van der Waals surface area (Å²) in [5, 5.41) is 37.6. The molecule has 382 valence electrons. The lowest BCUT2D eigenvalue weighted by atomic mass is 9.90. The average molecular weight is 1060 g/mol. The van der Waals surface area contributed by atoms with Crippen LogP contribution < -0.4 is 0 Å². The van der Waals surface area contributed by atoms with Gasteiger partial charge in [0.15, 0.2) is 11.2 Å². The van der Waals surface area contributed by atoms with Gasteiger partial charge in [-0.2, -0.15) is 10.5 Å². The molecule has 19 rings (SSSR count). The quantitative estimate of drug-likeness (QED) is 0.175. The molecule has 0 amide bonds. The van der Waals surface area contributed by atoms with Crippen molar-refractivity contribution in [2.24, 2.45) is 0 Å². The average Bonchev–Trinajstić information content (AvgIpc) is 2.65. The molecule has 1 aliphatic carbocycles. The molecule has 6 heterocycles. The van der Waals surface area contributed by atoms with Crippen molar-refractivity contribution in [1.29, 1.82) is 10.5 Å². The van der Waals surface area contributed by atoms with Crippen LogP contribution in [0.25, 0.3) is 171 Å². The first-order valence-corrected chi connectivity index (χ1v) is 27.9. The van der Waals surface area contributed by atoms with Crippen molar-refractivity contribution < 1.29 is 13.3 Å². The van der Waals surface area contributed by atoms with Crippen molar-refractivity contribution >= 4 is 131 Å². The van der Waals surface area contributed by atoms with Crippen LogP contribution in [0.4, 0.5) is 0 Å². The van der Waals surface area contributed by atoms with Gasteiger partial charge in [-0.05, 0) is 70.8 Å². The van der Waals surface area contributed by atoms with Crippen LogP contribution in [0.2, 0.25) is 0 Å². The van der Waals surface area contributed by atoms with Gasteiger partial charge >= 0.3 is 0 Å². The van der Waals surface area contributed by atoms with Gasteiger partial charge in [-0.3, -0.25) is 0 Å². The van der Waals surface area contributed by atoms with Crippen LogP contribution in [0, 0.1) is 22.7 Å². The van der Waals surface area contributed by atoms with E-state index in [1.807, 2.05) is 66.7 Å². The highest BCUT2D eigenvalue weighted by molar-refractivity contribution is 6.25. The first-order chi connectivity index (χ1) is 41.1. The van der Waals surface area contributed by atoms with E-state index >= 15 is 0 Å². The standard InChI is InChI=1S/C75H39N5O3/c76-39-58-66(56-25-15-24-53-47-21-6-12-29-63(47)81-73(53)56)68(79-61-27-10-4-19-45(61)51-34-36-54-48-22-7-13-30-64(48)82-74(54)71(51)79)59(40-77)70(80-62-28-11-5-20-46(62)52-35-37-55-49-23-8-14-31-65(49)83-75(55)72(52)80)69(58)78-60-26-9-3-18-44(60)50-33-32-43-42-17-2-1-16-41(42)38-57(43)67(50)78/h1-37H,38H2. The molecule has 0 fully saturated rings. The summed E-state index contributed by atoms with van der Waals surface area (Å²) in [6, 6.07) is 83.6. The number of fused-ring (bicyclic) bond motifs is 24. The van der Waals surface area contributed by atoms with E-state index < -0.39 is 0 Å². The van der Waals surface area contributed by atoms with Gasteiger partial charge in [0.2, 0.25) is 0 Å². The third-order valence-electron chi connectivity index (χ3n) is 18.0. The number of furan rings is 3. The van der Waals surface area contributed by atoms with E-state index in [-0.39, 0.29) is 0 Å². The minimum absolute atomic E-state index is 0.329. The van der Waals surface area contributed by atoms with E-state index in [0.29, 0.717) is 68.1 Å². The normalized spacial score (nSPS) is 12.5. The van der Waals surface area contributed by atoms with Gasteiger partial charge in [0, 0.05) is 82.2 Å². The monoisotopic (exact) mass is 1060 g/mol. The molecule has 0 N–H and O–H groups in total. The summed E-state index contributed by atoms with van der Waals surface area (Å²) in [5.41, 5.74) is 17.4. The van der Waals surface area contributed by atoms with Gasteiger partial charge in [0.1, 0.15) is 40.0 Å². The third-order valence-corrected chi connectivity index (χ3v) is 18.0. The minimum atomic E-state index is 0.329. The Morgan fingerprint density at radius 2 is 0.699 bits per heavy atom. The molecule has 12 aromatic carbocycles. The Hall–Kier alpha value is -11.6. The molecule has 0 radical (unpaired) electrons. The van der Waals surface area contributed by atoms with Crippen molar-refractivity contribution in [3.63, 3.8) is 0 Å². The molecule has 18 aromatic rings. The SMILES string of the molecule is N#Cc1c(-c2cccc3c2oc2ccccc23)c(-n2c3ccccc3c3ccc4c5ccccc5oc4c32)c(C#N)c(-n2c3ccccc3c3ccc4c5ccccc5oc4c32)c1-n1c2ccccc2c2ccc3c(c21)Cc1ccccc1-3. The van der Waals surface area contributed by atoms with Crippen LogP contribution >= 0.6 is 0 Å². The predicted octanol–water partition coefficient (Wildman–Crippen LogP) is 19.7. The smallest absolute Gasteiger partial charge is 0.160 e.